The lowest BCUT2D eigenvalue weighted by molar-refractivity contribution is 0.716. The third-order valence-corrected chi connectivity index (χ3v) is 3.59. The Balaban J connectivity index is 2.98. The number of thioether (sulfide) groups is 1. The average molecular weight is 267 g/mol. The van der Waals surface area contributed by atoms with Gasteiger partial charge in [-0.15, -0.1) is 0 Å². The van der Waals surface area contributed by atoms with E-state index in [2.05, 4.69) is 50.4 Å². The van der Waals surface area contributed by atoms with Crippen LogP contribution in [0.3, 0.4) is 0 Å². The Morgan fingerprint density at radius 2 is 2.11 bits per heavy atom. The molecule has 0 saturated carbocycles. The normalized spacial score (nSPS) is 10.7. The Kier molecular flexibility index (Phi) is 6.50. The molecule has 0 amide bonds. The second kappa shape index (κ2) is 7.64. The van der Waals surface area contributed by atoms with Crippen molar-refractivity contribution in [3.8, 4) is 0 Å². The fourth-order valence-electron chi connectivity index (χ4n) is 1.96. The second-order valence-corrected chi connectivity index (χ2v) is 5.56. The van der Waals surface area contributed by atoms with E-state index >= 15 is 0 Å². The SMILES string of the molecule is CCNCc1c(C)cc(C)nc1N(C)CCSC. The van der Waals surface area contributed by atoms with Crippen molar-refractivity contribution in [3.63, 3.8) is 0 Å². The molecule has 3 nitrogen and oxygen atoms in total. The maximum Gasteiger partial charge on any atom is 0.133 e. The molecule has 1 aromatic heterocycles. The van der Waals surface area contributed by atoms with Crippen LogP contribution < -0.4 is 10.2 Å². The van der Waals surface area contributed by atoms with Crippen LogP contribution in [0.2, 0.25) is 0 Å². The summed E-state index contributed by atoms with van der Waals surface area (Å²) in [6.07, 6.45) is 2.14. The van der Waals surface area contributed by atoms with E-state index in [1.165, 1.54) is 11.1 Å². The Bertz CT molecular complexity index is 380. The Morgan fingerprint density at radius 3 is 2.72 bits per heavy atom. The quantitative estimate of drug-likeness (QED) is 0.822. The van der Waals surface area contributed by atoms with E-state index in [-0.39, 0.29) is 0 Å². The maximum atomic E-state index is 4.72. The molecule has 0 aromatic carbocycles. The number of anilines is 1. The van der Waals surface area contributed by atoms with Crippen LogP contribution in [-0.2, 0) is 6.54 Å². The molecule has 0 spiro atoms. The lowest BCUT2D eigenvalue weighted by atomic mass is 10.1. The predicted molar refractivity (Wildman–Crippen MR) is 82.7 cm³/mol. The molecule has 1 heterocycles. The van der Waals surface area contributed by atoms with E-state index in [1.54, 1.807) is 0 Å². The summed E-state index contributed by atoms with van der Waals surface area (Å²) in [5.74, 6) is 2.26. The summed E-state index contributed by atoms with van der Waals surface area (Å²) in [6, 6.07) is 2.17. The van der Waals surface area contributed by atoms with Crippen molar-refractivity contribution in [1.82, 2.24) is 10.3 Å². The molecule has 1 rings (SSSR count). The molecule has 0 unspecified atom stereocenters. The van der Waals surface area contributed by atoms with Crippen LogP contribution >= 0.6 is 11.8 Å². The molecular formula is C14H25N3S. The van der Waals surface area contributed by atoms with Crippen molar-refractivity contribution in [2.24, 2.45) is 0 Å². The van der Waals surface area contributed by atoms with Gasteiger partial charge in [-0.2, -0.15) is 11.8 Å². The number of pyridine rings is 1. The van der Waals surface area contributed by atoms with Crippen LogP contribution in [0.4, 0.5) is 5.82 Å². The Morgan fingerprint density at radius 1 is 1.39 bits per heavy atom. The van der Waals surface area contributed by atoms with Gasteiger partial charge in [0.2, 0.25) is 0 Å². The smallest absolute Gasteiger partial charge is 0.133 e. The summed E-state index contributed by atoms with van der Waals surface area (Å²) >= 11 is 1.87. The molecule has 0 saturated heterocycles. The summed E-state index contributed by atoms with van der Waals surface area (Å²) < 4.78 is 0. The number of aryl methyl sites for hydroxylation is 2. The van der Waals surface area contributed by atoms with Crippen molar-refractivity contribution in [2.45, 2.75) is 27.3 Å². The summed E-state index contributed by atoms with van der Waals surface area (Å²) in [4.78, 5) is 6.98. The summed E-state index contributed by atoms with van der Waals surface area (Å²) in [7, 11) is 2.13. The number of hydrogen-bond acceptors (Lipinski definition) is 4. The van der Waals surface area contributed by atoms with Crippen LogP contribution in [-0.4, -0.2) is 37.1 Å². The highest BCUT2D eigenvalue weighted by atomic mass is 32.2. The van der Waals surface area contributed by atoms with Crippen molar-refractivity contribution in [3.05, 3.63) is 22.9 Å². The third kappa shape index (κ3) is 4.18. The fourth-order valence-corrected chi connectivity index (χ4v) is 2.42. The third-order valence-electron chi connectivity index (χ3n) is 3.00. The van der Waals surface area contributed by atoms with Gasteiger partial charge in [-0.3, -0.25) is 0 Å². The minimum atomic E-state index is 0.897. The van der Waals surface area contributed by atoms with Crippen LogP contribution in [0.5, 0.6) is 0 Å². The van der Waals surface area contributed by atoms with Crippen LogP contribution in [0, 0.1) is 13.8 Å². The van der Waals surface area contributed by atoms with E-state index in [9.17, 15) is 0 Å². The molecule has 4 heteroatoms. The van der Waals surface area contributed by atoms with Crippen molar-refractivity contribution in [2.75, 3.05) is 37.0 Å². The average Bonchev–Trinajstić information content (AvgIpc) is 2.34. The standard InChI is InChI=1S/C14H25N3S/c1-6-15-10-13-11(2)9-12(3)16-14(13)17(4)7-8-18-5/h9,15H,6-8,10H2,1-5H3. The monoisotopic (exact) mass is 267 g/mol. The van der Waals surface area contributed by atoms with Crippen molar-refractivity contribution >= 4 is 17.6 Å². The molecule has 102 valence electrons. The van der Waals surface area contributed by atoms with E-state index < -0.39 is 0 Å². The van der Waals surface area contributed by atoms with Crippen LogP contribution in [0.15, 0.2) is 6.07 Å². The minimum absolute atomic E-state index is 0.897. The molecule has 0 aliphatic heterocycles. The van der Waals surface area contributed by atoms with Gasteiger partial charge < -0.3 is 10.2 Å². The van der Waals surface area contributed by atoms with Gasteiger partial charge in [0.15, 0.2) is 0 Å². The summed E-state index contributed by atoms with van der Waals surface area (Å²) in [5, 5.41) is 3.40. The molecule has 18 heavy (non-hydrogen) atoms. The second-order valence-electron chi connectivity index (χ2n) is 4.58. The topological polar surface area (TPSA) is 28.2 Å². The number of aromatic nitrogens is 1. The van der Waals surface area contributed by atoms with Gasteiger partial charge in [0.1, 0.15) is 5.82 Å². The van der Waals surface area contributed by atoms with Gasteiger partial charge in [0.25, 0.3) is 0 Å². The molecule has 0 bridgehead atoms. The molecule has 1 N–H and O–H groups in total. The van der Waals surface area contributed by atoms with Gasteiger partial charge in [-0.25, -0.2) is 4.98 Å². The molecule has 0 atom stereocenters. The van der Waals surface area contributed by atoms with E-state index in [0.717, 1.165) is 36.9 Å². The van der Waals surface area contributed by atoms with Crippen LogP contribution in [0.25, 0.3) is 0 Å². The van der Waals surface area contributed by atoms with Gasteiger partial charge >= 0.3 is 0 Å². The highest BCUT2D eigenvalue weighted by molar-refractivity contribution is 7.98. The summed E-state index contributed by atoms with van der Waals surface area (Å²) in [6.45, 7) is 9.29. The van der Waals surface area contributed by atoms with E-state index in [0.29, 0.717) is 0 Å². The lowest BCUT2D eigenvalue weighted by Crippen LogP contribution is -2.25. The zero-order chi connectivity index (χ0) is 13.5. The van der Waals surface area contributed by atoms with Crippen LogP contribution in [0.1, 0.15) is 23.7 Å². The first-order valence-electron chi connectivity index (χ1n) is 6.48. The van der Waals surface area contributed by atoms with Gasteiger partial charge in [-0.1, -0.05) is 6.92 Å². The lowest BCUT2D eigenvalue weighted by Gasteiger charge is -2.23. The van der Waals surface area contributed by atoms with Gasteiger partial charge in [0.05, 0.1) is 0 Å². The van der Waals surface area contributed by atoms with Crippen molar-refractivity contribution < 1.29 is 0 Å². The van der Waals surface area contributed by atoms with Gasteiger partial charge in [-0.05, 0) is 38.3 Å². The highest BCUT2D eigenvalue weighted by Crippen LogP contribution is 2.21. The molecule has 1 aromatic rings. The number of nitrogens with one attached hydrogen (secondary N) is 1. The molecule has 0 aliphatic carbocycles. The minimum Gasteiger partial charge on any atom is -0.359 e. The molecule has 0 fully saturated rings. The predicted octanol–water partition coefficient (Wildman–Crippen LogP) is 2.61. The molecular weight excluding hydrogens is 242 g/mol. The first-order valence-corrected chi connectivity index (χ1v) is 7.87. The summed E-state index contributed by atoms with van der Waals surface area (Å²) in [5.41, 5.74) is 3.75. The Labute approximate surface area is 115 Å². The first-order chi connectivity index (χ1) is 8.60. The van der Waals surface area contributed by atoms with E-state index in [4.69, 9.17) is 4.98 Å². The zero-order valence-electron chi connectivity index (χ0n) is 12.2. The van der Waals surface area contributed by atoms with E-state index in [1.807, 2.05) is 11.8 Å². The van der Waals surface area contributed by atoms with Crippen molar-refractivity contribution in [1.29, 1.82) is 0 Å². The zero-order valence-corrected chi connectivity index (χ0v) is 13.0. The highest BCUT2D eigenvalue weighted by Gasteiger charge is 2.12. The Hall–Kier alpha value is -0.740. The number of nitrogens with zero attached hydrogens (tertiary/aromatic N) is 2. The number of rotatable bonds is 7. The fraction of sp³-hybridized carbons (Fsp3) is 0.643. The van der Waals surface area contributed by atoms with Gasteiger partial charge in [0, 0.05) is 37.1 Å². The largest absolute Gasteiger partial charge is 0.359 e. The molecule has 0 radical (unpaired) electrons. The maximum absolute atomic E-state index is 4.72. The first kappa shape index (κ1) is 15.3. The number of hydrogen-bond donors (Lipinski definition) is 1. The molecule has 0 aliphatic rings.